The summed E-state index contributed by atoms with van der Waals surface area (Å²) in [6.45, 7) is 6.59. The van der Waals surface area contributed by atoms with Crippen molar-refractivity contribution in [3.05, 3.63) is 58.7 Å². The number of oxazole rings is 1. The molecule has 3 aromatic heterocycles. The molecule has 0 saturated carbocycles. The number of thiazole rings is 1. The van der Waals surface area contributed by atoms with Crippen molar-refractivity contribution in [2.45, 2.75) is 26.9 Å². The number of para-hydroxylation sites is 1. The molecule has 1 amide bonds. The average molecular weight is 521 g/mol. The number of carbonyl (C=O) groups is 1. The van der Waals surface area contributed by atoms with Crippen molar-refractivity contribution < 1.29 is 31.9 Å². The first-order chi connectivity index (χ1) is 17.0. The Kier molecular flexibility index (Phi) is 6.81. The smallest absolute Gasteiger partial charge is 0.436 e. The standard InChI is InChI=1S/C24H23F3N4O4S/c1-23(2,3)13-35-19-14(6-5-7-16(19)33-4)8-9-15-18(31-10-11-36-22(31)28-15)20(32)30-21-29-17(12-34-21)24(25,26)27/h5-12H,13H2,1-4H3,(H,29,30,32). The number of fused-ring (bicyclic) bond motifs is 1. The number of aromatic nitrogens is 3. The molecule has 0 saturated heterocycles. The Hall–Kier alpha value is -3.80. The maximum atomic E-state index is 13.0. The van der Waals surface area contributed by atoms with Crippen LogP contribution < -0.4 is 14.8 Å². The molecule has 0 atom stereocenters. The average Bonchev–Trinajstić information content (AvgIpc) is 3.51. The fraction of sp³-hybridized carbons (Fsp3) is 0.292. The van der Waals surface area contributed by atoms with Crippen molar-refractivity contribution in [3.8, 4) is 11.5 Å². The Morgan fingerprint density at radius 2 is 2.00 bits per heavy atom. The summed E-state index contributed by atoms with van der Waals surface area (Å²) in [5.74, 6) is 0.359. The number of imidazole rings is 1. The highest BCUT2D eigenvalue weighted by Gasteiger charge is 2.35. The number of methoxy groups -OCH3 is 1. The molecular weight excluding hydrogens is 497 g/mol. The van der Waals surface area contributed by atoms with Crippen LogP contribution in [0, 0.1) is 5.41 Å². The molecule has 0 radical (unpaired) electrons. The molecule has 0 bridgehead atoms. The lowest BCUT2D eigenvalue weighted by Crippen LogP contribution is -2.17. The number of alkyl halides is 3. The summed E-state index contributed by atoms with van der Waals surface area (Å²) < 4.78 is 56.3. The van der Waals surface area contributed by atoms with Gasteiger partial charge in [0.1, 0.15) is 12.0 Å². The molecule has 0 fully saturated rings. The second kappa shape index (κ2) is 9.69. The highest BCUT2D eigenvalue weighted by molar-refractivity contribution is 7.15. The molecule has 3 heterocycles. The van der Waals surface area contributed by atoms with Crippen LogP contribution in [0.25, 0.3) is 17.1 Å². The van der Waals surface area contributed by atoms with Gasteiger partial charge in [0, 0.05) is 17.1 Å². The monoisotopic (exact) mass is 520 g/mol. The van der Waals surface area contributed by atoms with E-state index in [0.717, 1.165) is 0 Å². The molecule has 4 aromatic rings. The number of amides is 1. The van der Waals surface area contributed by atoms with Crippen molar-refractivity contribution in [1.29, 1.82) is 0 Å². The van der Waals surface area contributed by atoms with Crippen LogP contribution in [0.2, 0.25) is 0 Å². The first kappa shape index (κ1) is 25.3. The van der Waals surface area contributed by atoms with Gasteiger partial charge in [-0.15, -0.1) is 11.3 Å². The zero-order valence-electron chi connectivity index (χ0n) is 19.8. The van der Waals surface area contributed by atoms with Gasteiger partial charge in [0.15, 0.2) is 22.2 Å². The van der Waals surface area contributed by atoms with Gasteiger partial charge < -0.3 is 13.9 Å². The van der Waals surface area contributed by atoms with Crippen LogP contribution in [0.4, 0.5) is 19.2 Å². The minimum Gasteiger partial charge on any atom is -0.493 e. The Morgan fingerprint density at radius 3 is 2.67 bits per heavy atom. The number of nitrogens with zero attached hydrogens (tertiary/aromatic N) is 3. The number of hydrogen-bond acceptors (Lipinski definition) is 7. The van der Waals surface area contributed by atoms with Crippen molar-refractivity contribution in [3.63, 3.8) is 0 Å². The fourth-order valence-corrected chi connectivity index (χ4v) is 3.92. The lowest BCUT2D eigenvalue weighted by atomic mass is 9.98. The van der Waals surface area contributed by atoms with E-state index in [1.165, 1.54) is 15.7 Å². The van der Waals surface area contributed by atoms with Gasteiger partial charge in [0.25, 0.3) is 5.91 Å². The zero-order valence-corrected chi connectivity index (χ0v) is 20.7. The van der Waals surface area contributed by atoms with Crippen LogP contribution in [-0.2, 0) is 6.18 Å². The lowest BCUT2D eigenvalue weighted by Gasteiger charge is -2.21. The van der Waals surface area contributed by atoms with Gasteiger partial charge >= 0.3 is 12.2 Å². The summed E-state index contributed by atoms with van der Waals surface area (Å²) in [7, 11) is 1.55. The molecule has 190 valence electrons. The van der Waals surface area contributed by atoms with E-state index in [4.69, 9.17) is 13.9 Å². The normalized spacial score (nSPS) is 12.4. The fourth-order valence-electron chi connectivity index (χ4n) is 3.20. The molecule has 0 aliphatic rings. The minimum atomic E-state index is -4.69. The third-order valence-corrected chi connectivity index (χ3v) is 5.58. The predicted octanol–water partition coefficient (Wildman–Crippen LogP) is 6.26. The van der Waals surface area contributed by atoms with Crippen LogP contribution in [-0.4, -0.2) is 34.0 Å². The number of hydrogen-bond donors (Lipinski definition) is 1. The van der Waals surface area contributed by atoms with Crippen molar-refractivity contribution in [1.82, 2.24) is 14.4 Å². The Balaban J connectivity index is 1.66. The molecule has 12 heteroatoms. The van der Waals surface area contributed by atoms with E-state index in [9.17, 15) is 18.0 Å². The molecule has 8 nitrogen and oxygen atoms in total. The summed E-state index contributed by atoms with van der Waals surface area (Å²) in [6, 6.07) is 4.86. The highest BCUT2D eigenvalue weighted by atomic mass is 32.1. The third kappa shape index (κ3) is 5.54. The number of carbonyl (C=O) groups excluding carboxylic acids is 1. The number of ether oxygens (including phenoxy) is 2. The second-order valence-electron chi connectivity index (χ2n) is 8.95. The number of halogens is 3. The third-order valence-electron chi connectivity index (χ3n) is 4.82. The summed E-state index contributed by atoms with van der Waals surface area (Å²) in [5, 5.41) is 4.01. The van der Waals surface area contributed by atoms with Crippen molar-refractivity contribution >= 4 is 40.4 Å². The number of nitrogens with one attached hydrogen (secondary N) is 1. The van der Waals surface area contributed by atoms with E-state index in [-0.39, 0.29) is 11.1 Å². The number of benzene rings is 1. The molecule has 4 rings (SSSR count). The molecule has 1 aromatic carbocycles. The first-order valence-corrected chi connectivity index (χ1v) is 11.6. The van der Waals surface area contributed by atoms with Gasteiger partial charge in [0.05, 0.1) is 19.4 Å². The molecule has 0 spiro atoms. The largest absolute Gasteiger partial charge is 0.493 e. The summed E-state index contributed by atoms with van der Waals surface area (Å²) in [6.07, 6.45) is 0.746. The van der Waals surface area contributed by atoms with Crippen LogP contribution in [0.1, 0.15) is 48.2 Å². The van der Waals surface area contributed by atoms with E-state index in [1.807, 2.05) is 32.9 Å². The van der Waals surface area contributed by atoms with Crippen LogP contribution in [0.15, 0.2) is 40.5 Å². The van der Waals surface area contributed by atoms with Crippen LogP contribution in [0.5, 0.6) is 11.5 Å². The quantitative estimate of drug-likeness (QED) is 0.309. The molecule has 0 aliphatic heterocycles. The van der Waals surface area contributed by atoms with Crippen molar-refractivity contribution in [2.24, 2.45) is 5.41 Å². The zero-order chi connectivity index (χ0) is 26.1. The van der Waals surface area contributed by atoms with E-state index in [0.29, 0.717) is 40.6 Å². The summed E-state index contributed by atoms with van der Waals surface area (Å²) in [4.78, 5) is 21.3. The van der Waals surface area contributed by atoms with E-state index in [2.05, 4.69) is 15.3 Å². The number of anilines is 1. The van der Waals surface area contributed by atoms with E-state index >= 15 is 0 Å². The lowest BCUT2D eigenvalue weighted by molar-refractivity contribution is -0.141. The molecular formula is C24H23F3N4O4S. The second-order valence-corrected chi connectivity index (χ2v) is 9.83. The molecule has 0 aliphatic carbocycles. The SMILES string of the molecule is COc1cccc(C=Cc2nc3sccn3c2C(=O)Nc2nc(C(F)(F)F)co2)c1OCC(C)(C)C. The summed E-state index contributed by atoms with van der Waals surface area (Å²) >= 11 is 1.30. The Morgan fingerprint density at radius 1 is 1.22 bits per heavy atom. The first-order valence-electron chi connectivity index (χ1n) is 10.7. The van der Waals surface area contributed by atoms with Gasteiger partial charge in [-0.05, 0) is 23.6 Å². The summed E-state index contributed by atoms with van der Waals surface area (Å²) in [5.41, 5.74) is -0.231. The van der Waals surface area contributed by atoms with Gasteiger partial charge in [-0.1, -0.05) is 32.9 Å². The Bertz CT molecular complexity index is 1410. The van der Waals surface area contributed by atoms with Crippen molar-refractivity contribution in [2.75, 3.05) is 19.0 Å². The van der Waals surface area contributed by atoms with Gasteiger partial charge in [-0.2, -0.15) is 18.2 Å². The maximum absolute atomic E-state index is 13.0. The minimum absolute atomic E-state index is 0.0901. The molecule has 0 unspecified atom stereocenters. The van der Waals surface area contributed by atoms with E-state index in [1.54, 1.807) is 36.9 Å². The molecule has 36 heavy (non-hydrogen) atoms. The Labute approximate surface area is 208 Å². The van der Waals surface area contributed by atoms with E-state index < -0.39 is 23.8 Å². The van der Waals surface area contributed by atoms with Gasteiger partial charge in [-0.3, -0.25) is 14.5 Å². The topological polar surface area (TPSA) is 90.9 Å². The van der Waals surface area contributed by atoms with Gasteiger partial charge in [-0.25, -0.2) is 4.98 Å². The maximum Gasteiger partial charge on any atom is 0.436 e. The van der Waals surface area contributed by atoms with Crippen LogP contribution in [0.3, 0.4) is 0 Å². The molecule has 1 N–H and O–H groups in total. The highest BCUT2D eigenvalue weighted by Crippen LogP contribution is 2.34. The predicted molar refractivity (Wildman–Crippen MR) is 129 cm³/mol. The van der Waals surface area contributed by atoms with Crippen LogP contribution >= 0.6 is 11.3 Å². The number of rotatable bonds is 7. The van der Waals surface area contributed by atoms with Gasteiger partial charge in [0.2, 0.25) is 0 Å².